The fourth-order valence-electron chi connectivity index (χ4n) is 2.65. The third-order valence-corrected chi connectivity index (χ3v) is 4.25. The van der Waals surface area contributed by atoms with Crippen LogP contribution < -0.4 is 22.1 Å². The first-order valence-corrected chi connectivity index (χ1v) is 9.44. The number of nitrogens with zero attached hydrogens (tertiary/aromatic N) is 1. The van der Waals surface area contributed by atoms with Gasteiger partial charge in [-0.15, -0.1) is 0 Å². The number of hydrogen-bond donors (Lipinski definition) is 4. The summed E-state index contributed by atoms with van der Waals surface area (Å²) in [5, 5.41) is 5.44. The van der Waals surface area contributed by atoms with Crippen LogP contribution in [-0.2, 0) is 0 Å². The van der Waals surface area contributed by atoms with Gasteiger partial charge in [0.05, 0.1) is 0 Å². The number of carbonyl (C=O) groups excluding carboxylic acids is 1. The van der Waals surface area contributed by atoms with Crippen molar-refractivity contribution in [2.75, 3.05) is 0 Å². The normalized spacial score (nSPS) is 13.8. The Labute approximate surface area is 173 Å². The van der Waals surface area contributed by atoms with Gasteiger partial charge in [-0.2, -0.15) is 0 Å². The lowest BCUT2D eigenvalue weighted by Crippen LogP contribution is -2.45. The topological polar surface area (TPSA) is 106 Å². The summed E-state index contributed by atoms with van der Waals surface area (Å²) < 4.78 is 40.2. The van der Waals surface area contributed by atoms with Gasteiger partial charge in [0, 0.05) is 24.1 Å². The maximum atomic E-state index is 13.8. The number of amides is 1. The summed E-state index contributed by atoms with van der Waals surface area (Å²) >= 11 is 0. The lowest BCUT2D eigenvalue weighted by Gasteiger charge is -2.19. The average molecular weight is 421 g/mol. The van der Waals surface area contributed by atoms with E-state index in [2.05, 4.69) is 15.6 Å². The zero-order valence-corrected chi connectivity index (χ0v) is 17.0. The molecule has 2 unspecified atom stereocenters. The number of rotatable bonds is 6. The highest BCUT2D eigenvalue weighted by molar-refractivity contribution is 6.05. The molecule has 0 spiro atoms. The van der Waals surface area contributed by atoms with E-state index in [9.17, 15) is 18.0 Å². The maximum Gasteiger partial charge on any atom is 0.258 e. The van der Waals surface area contributed by atoms with Crippen LogP contribution in [0.15, 0.2) is 41.4 Å². The van der Waals surface area contributed by atoms with Crippen molar-refractivity contribution in [3.63, 3.8) is 0 Å². The molecular formula is C21H26F3N5O. The first-order valence-electron chi connectivity index (χ1n) is 9.44. The highest BCUT2D eigenvalue weighted by Crippen LogP contribution is 2.18. The van der Waals surface area contributed by atoms with E-state index in [0.717, 1.165) is 18.2 Å². The average Bonchev–Trinajstić information content (AvgIpc) is 2.65. The molecule has 0 bridgehead atoms. The second-order valence-electron chi connectivity index (χ2n) is 7.28. The lowest BCUT2D eigenvalue weighted by atomic mass is 10.0. The Bertz CT molecular complexity index is 933. The van der Waals surface area contributed by atoms with E-state index in [1.54, 1.807) is 19.1 Å². The van der Waals surface area contributed by atoms with Crippen molar-refractivity contribution in [3.05, 3.63) is 70.5 Å². The van der Waals surface area contributed by atoms with Crippen LogP contribution in [0.25, 0.3) is 0 Å². The van der Waals surface area contributed by atoms with E-state index in [1.807, 2.05) is 13.8 Å². The Morgan fingerprint density at radius 3 is 2.33 bits per heavy atom. The Balaban J connectivity index is 2.12. The van der Waals surface area contributed by atoms with Crippen LogP contribution in [0.3, 0.4) is 0 Å². The van der Waals surface area contributed by atoms with Gasteiger partial charge in [-0.05, 0) is 56.2 Å². The van der Waals surface area contributed by atoms with Crippen LogP contribution in [0.2, 0.25) is 0 Å². The fraction of sp³-hybridized carbons (Fsp3) is 0.333. The third kappa shape index (κ3) is 6.57. The van der Waals surface area contributed by atoms with Crippen LogP contribution in [0.1, 0.15) is 47.8 Å². The van der Waals surface area contributed by atoms with Gasteiger partial charge in [0.25, 0.3) is 5.91 Å². The Hall–Kier alpha value is -2.91. The van der Waals surface area contributed by atoms with Crippen molar-refractivity contribution >= 4 is 11.9 Å². The molecule has 2 atom stereocenters. The predicted molar refractivity (Wildman–Crippen MR) is 110 cm³/mol. The lowest BCUT2D eigenvalue weighted by molar-refractivity contribution is 0.0975. The second-order valence-corrected chi connectivity index (χ2v) is 7.28. The molecule has 6 N–H and O–H groups in total. The molecule has 0 saturated carbocycles. The number of aryl methyl sites for hydroxylation is 1. The van der Waals surface area contributed by atoms with Crippen LogP contribution in [0, 0.1) is 24.4 Å². The van der Waals surface area contributed by atoms with Gasteiger partial charge in [-0.3, -0.25) is 10.1 Å². The van der Waals surface area contributed by atoms with Crippen molar-refractivity contribution < 1.29 is 18.0 Å². The summed E-state index contributed by atoms with van der Waals surface area (Å²) in [5.41, 5.74) is 13.2. The Kier molecular flexibility index (Phi) is 7.96. The fourth-order valence-corrected chi connectivity index (χ4v) is 2.65. The van der Waals surface area contributed by atoms with Gasteiger partial charge in [-0.1, -0.05) is 12.1 Å². The molecule has 0 saturated heterocycles. The molecule has 9 heteroatoms. The number of guanidine groups is 1. The molecule has 0 radical (unpaired) electrons. The van der Waals surface area contributed by atoms with E-state index in [0.29, 0.717) is 11.1 Å². The molecule has 0 fully saturated rings. The standard InChI is InChI=1S/C21H26F3N5O/c1-11(2)27-21(29-20(30)14-6-7-15(22)17(24)9-14)28-19(26)10-18(25)13-5-4-12(3)16(23)8-13/h4-9,11,18-19H,10,25-26H2,1-3H3,(H2,27,28,29,30). The van der Waals surface area contributed by atoms with E-state index in [4.69, 9.17) is 11.5 Å². The molecule has 0 aliphatic rings. The van der Waals surface area contributed by atoms with E-state index in [-0.39, 0.29) is 29.8 Å². The van der Waals surface area contributed by atoms with Crippen LogP contribution >= 0.6 is 0 Å². The second kappa shape index (κ2) is 10.2. The van der Waals surface area contributed by atoms with E-state index < -0.39 is 29.7 Å². The molecule has 2 aromatic rings. The maximum absolute atomic E-state index is 13.8. The first kappa shape index (κ1) is 23.4. The quantitative estimate of drug-likeness (QED) is 0.425. The predicted octanol–water partition coefficient (Wildman–Crippen LogP) is 2.87. The highest BCUT2D eigenvalue weighted by atomic mass is 19.2. The van der Waals surface area contributed by atoms with Crippen LogP contribution in [0.4, 0.5) is 13.2 Å². The molecule has 0 aliphatic carbocycles. The molecule has 1 amide bonds. The van der Waals surface area contributed by atoms with Crippen molar-refractivity contribution in [2.45, 2.75) is 45.4 Å². The molecule has 6 nitrogen and oxygen atoms in total. The van der Waals surface area contributed by atoms with Crippen molar-refractivity contribution in [2.24, 2.45) is 16.5 Å². The summed E-state index contributed by atoms with van der Waals surface area (Å²) in [6.45, 7) is 5.30. The Morgan fingerprint density at radius 2 is 1.73 bits per heavy atom. The molecule has 0 aliphatic heterocycles. The highest BCUT2D eigenvalue weighted by Gasteiger charge is 2.16. The largest absolute Gasteiger partial charge is 0.354 e. The van der Waals surface area contributed by atoms with E-state index >= 15 is 0 Å². The minimum absolute atomic E-state index is 0.0644. The first-order chi connectivity index (χ1) is 14.1. The number of aliphatic imine (C=N–C) groups is 1. The minimum Gasteiger partial charge on any atom is -0.354 e. The molecule has 2 aromatic carbocycles. The molecule has 162 valence electrons. The van der Waals surface area contributed by atoms with Crippen LogP contribution in [0.5, 0.6) is 0 Å². The third-order valence-electron chi connectivity index (χ3n) is 4.25. The zero-order chi connectivity index (χ0) is 22.4. The molecule has 0 heterocycles. The van der Waals surface area contributed by atoms with Crippen molar-refractivity contribution in [1.82, 2.24) is 10.6 Å². The van der Waals surface area contributed by atoms with Gasteiger partial charge in [-0.25, -0.2) is 18.2 Å². The smallest absolute Gasteiger partial charge is 0.258 e. The molecule has 30 heavy (non-hydrogen) atoms. The number of hydrogen-bond acceptors (Lipinski definition) is 4. The summed E-state index contributed by atoms with van der Waals surface area (Å²) in [6, 6.07) is 6.85. The number of nitrogens with one attached hydrogen (secondary N) is 2. The summed E-state index contributed by atoms with van der Waals surface area (Å²) in [4.78, 5) is 16.6. The number of halogens is 3. The number of nitrogens with two attached hydrogens (primary N) is 2. The van der Waals surface area contributed by atoms with Gasteiger partial charge < -0.3 is 16.8 Å². The SMILES string of the molecule is Cc1ccc(C(N)CC(N)N=C(NC(=O)c2ccc(F)c(F)c2)NC(C)C)cc1F. The van der Waals surface area contributed by atoms with Gasteiger partial charge in [0.15, 0.2) is 17.6 Å². The number of carbonyl (C=O) groups is 1. The molecule has 0 aromatic heterocycles. The van der Waals surface area contributed by atoms with E-state index in [1.165, 1.54) is 6.07 Å². The minimum atomic E-state index is -1.13. The van der Waals surface area contributed by atoms with Gasteiger partial charge in [0.2, 0.25) is 0 Å². The van der Waals surface area contributed by atoms with Gasteiger partial charge >= 0.3 is 0 Å². The van der Waals surface area contributed by atoms with Crippen molar-refractivity contribution in [3.8, 4) is 0 Å². The van der Waals surface area contributed by atoms with Gasteiger partial charge in [0.1, 0.15) is 12.0 Å². The summed E-state index contributed by atoms with van der Waals surface area (Å²) in [5.74, 6) is -3.16. The monoisotopic (exact) mass is 421 g/mol. The summed E-state index contributed by atoms with van der Waals surface area (Å²) in [6.07, 6.45) is -0.622. The molecular weight excluding hydrogens is 395 g/mol. The number of benzene rings is 2. The van der Waals surface area contributed by atoms with Crippen LogP contribution in [-0.4, -0.2) is 24.1 Å². The summed E-state index contributed by atoms with van der Waals surface area (Å²) in [7, 11) is 0. The van der Waals surface area contributed by atoms with Crippen molar-refractivity contribution in [1.29, 1.82) is 0 Å². The molecule has 2 rings (SSSR count). The zero-order valence-electron chi connectivity index (χ0n) is 17.0. The Morgan fingerprint density at radius 1 is 1.03 bits per heavy atom.